The third kappa shape index (κ3) is 4.04. The number of hydrogen-bond acceptors (Lipinski definition) is 3. The summed E-state index contributed by atoms with van der Waals surface area (Å²) in [7, 11) is 0. The molecule has 0 atom stereocenters. The molecule has 2 aromatic carbocycles. The van der Waals surface area contributed by atoms with E-state index >= 15 is 0 Å². The third-order valence-corrected chi connectivity index (χ3v) is 5.45. The minimum absolute atomic E-state index is 0.152. The molecule has 0 unspecified atom stereocenters. The molecule has 4 aromatic rings. The molecular weight excluding hydrogens is 419 g/mol. The number of hydrogen-bond donors (Lipinski definition) is 1. The van der Waals surface area contributed by atoms with Crippen molar-refractivity contribution in [3.8, 4) is 5.69 Å². The number of carbonyl (C=O) groups excluding carboxylic acids is 1. The van der Waals surface area contributed by atoms with E-state index in [0.717, 1.165) is 28.0 Å². The molecule has 0 aliphatic heterocycles. The fourth-order valence-corrected chi connectivity index (χ4v) is 3.79. The molecule has 0 spiro atoms. The molecule has 0 saturated carbocycles. The summed E-state index contributed by atoms with van der Waals surface area (Å²) in [6.45, 7) is 4.25. The minimum Gasteiger partial charge on any atom is -0.352 e. The largest absolute Gasteiger partial charge is 0.352 e. The summed E-state index contributed by atoms with van der Waals surface area (Å²) in [4.78, 5) is 17.6. The van der Waals surface area contributed by atoms with Crippen LogP contribution in [-0.4, -0.2) is 27.2 Å². The van der Waals surface area contributed by atoms with Gasteiger partial charge in [0.25, 0.3) is 5.91 Å². The second-order valence-electron chi connectivity index (χ2n) is 7.09. The van der Waals surface area contributed by atoms with Crippen LogP contribution in [0.5, 0.6) is 0 Å². The van der Waals surface area contributed by atoms with Gasteiger partial charge in [-0.3, -0.25) is 4.79 Å². The maximum atomic E-state index is 13.0. The molecule has 0 bridgehead atoms. The highest BCUT2D eigenvalue weighted by atomic mass is 35.5. The summed E-state index contributed by atoms with van der Waals surface area (Å²) >= 11 is 12.3. The molecule has 5 nitrogen and oxygen atoms in total. The number of amides is 1. The fourth-order valence-electron chi connectivity index (χ4n) is 3.45. The van der Waals surface area contributed by atoms with Gasteiger partial charge in [0.2, 0.25) is 0 Å². The number of nitrogens with zero attached hydrogens (tertiary/aromatic N) is 3. The van der Waals surface area contributed by atoms with E-state index in [0.29, 0.717) is 34.2 Å². The maximum absolute atomic E-state index is 13.0. The first-order chi connectivity index (χ1) is 14.4. The van der Waals surface area contributed by atoms with E-state index < -0.39 is 0 Å². The first kappa shape index (κ1) is 20.4. The molecule has 1 amide bonds. The predicted molar refractivity (Wildman–Crippen MR) is 121 cm³/mol. The van der Waals surface area contributed by atoms with Crippen LogP contribution in [0.25, 0.3) is 16.7 Å². The van der Waals surface area contributed by atoms with Crippen LogP contribution in [0.3, 0.4) is 0 Å². The monoisotopic (exact) mass is 438 g/mol. The van der Waals surface area contributed by atoms with Gasteiger partial charge in [-0.2, -0.15) is 5.10 Å². The predicted octanol–water partition coefficient (Wildman–Crippen LogP) is 5.32. The van der Waals surface area contributed by atoms with Gasteiger partial charge in [-0.25, -0.2) is 9.67 Å². The quantitative estimate of drug-likeness (QED) is 0.458. The van der Waals surface area contributed by atoms with Crippen LogP contribution in [0.1, 0.15) is 27.3 Å². The normalized spacial score (nSPS) is 11.1. The van der Waals surface area contributed by atoms with Crippen LogP contribution in [0, 0.1) is 13.8 Å². The van der Waals surface area contributed by atoms with Crippen molar-refractivity contribution in [2.24, 2.45) is 0 Å². The van der Waals surface area contributed by atoms with E-state index in [4.69, 9.17) is 23.2 Å². The van der Waals surface area contributed by atoms with E-state index in [1.165, 1.54) is 0 Å². The van der Waals surface area contributed by atoms with Crippen LogP contribution in [0.15, 0.2) is 54.6 Å². The minimum atomic E-state index is -0.152. The molecule has 0 aliphatic rings. The number of rotatable bonds is 5. The van der Waals surface area contributed by atoms with Gasteiger partial charge in [0, 0.05) is 17.3 Å². The van der Waals surface area contributed by atoms with Gasteiger partial charge in [0.05, 0.1) is 27.4 Å². The third-order valence-electron chi connectivity index (χ3n) is 4.88. The highest BCUT2D eigenvalue weighted by molar-refractivity contribution is 6.32. The van der Waals surface area contributed by atoms with Crippen LogP contribution in [0.2, 0.25) is 10.0 Å². The molecule has 0 aliphatic carbocycles. The topological polar surface area (TPSA) is 59.8 Å². The summed E-state index contributed by atoms with van der Waals surface area (Å²) in [6, 6.07) is 16.9. The Labute approximate surface area is 184 Å². The Morgan fingerprint density at radius 2 is 1.80 bits per heavy atom. The molecule has 1 N–H and O–H groups in total. The first-order valence-corrected chi connectivity index (χ1v) is 10.3. The number of para-hydroxylation sites is 1. The molecule has 2 aromatic heterocycles. The SMILES string of the molecule is Cc1cc(C(=O)NCCc2ccc(Cl)cc2)c2c(C)nn(-c3ccccc3Cl)c2n1. The molecule has 0 saturated heterocycles. The van der Waals surface area contributed by atoms with E-state index in [1.807, 2.05) is 56.3 Å². The molecule has 152 valence electrons. The van der Waals surface area contributed by atoms with Gasteiger partial charge in [-0.05, 0) is 56.2 Å². The number of fused-ring (bicyclic) bond motifs is 1. The van der Waals surface area contributed by atoms with Crippen molar-refractivity contribution in [1.82, 2.24) is 20.1 Å². The van der Waals surface area contributed by atoms with Crippen molar-refractivity contribution >= 4 is 40.1 Å². The Morgan fingerprint density at radius 1 is 1.07 bits per heavy atom. The van der Waals surface area contributed by atoms with Gasteiger partial charge in [0.15, 0.2) is 5.65 Å². The van der Waals surface area contributed by atoms with Crippen LogP contribution < -0.4 is 5.32 Å². The van der Waals surface area contributed by atoms with Crippen molar-refractivity contribution in [1.29, 1.82) is 0 Å². The van der Waals surface area contributed by atoms with Gasteiger partial charge in [0.1, 0.15) is 0 Å². The van der Waals surface area contributed by atoms with E-state index in [9.17, 15) is 4.79 Å². The number of benzene rings is 2. The average Bonchev–Trinajstić information content (AvgIpc) is 3.05. The lowest BCUT2D eigenvalue weighted by Crippen LogP contribution is -2.26. The highest BCUT2D eigenvalue weighted by Gasteiger charge is 2.20. The van der Waals surface area contributed by atoms with E-state index in [-0.39, 0.29) is 5.91 Å². The molecule has 4 rings (SSSR count). The first-order valence-electron chi connectivity index (χ1n) is 9.58. The molecular formula is C23H20Cl2N4O. The van der Waals surface area contributed by atoms with Gasteiger partial charge in [-0.1, -0.05) is 47.5 Å². The number of pyridine rings is 1. The van der Waals surface area contributed by atoms with Gasteiger partial charge >= 0.3 is 0 Å². The Kier molecular flexibility index (Phi) is 5.75. The van der Waals surface area contributed by atoms with Crippen molar-refractivity contribution in [3.63, 3.8) is 0 Å². The average molecular weight is 439 g/mol. The summed E-state index contributed by atoms with van der Waals surface area (Å²) in [5, 5.41) is 9.62. The Bertz CT molecular complexity index is 1230. The summed E-state index contributed by atoms with van der Waals surface area (Å²) < 4.78 is 1.70. The number of carbonyl (C=O) groups is 1. The second-order valence-corrected chi connectivity index (χ2v) is 7.93. The molecule has 0 fully saturated rings. The second kappa shape index (κ2) is 8.46. The van der Waals surface area contributed by atoms with Crippen LogP contribution in [0.4, 0.5) is 0 Å². The number of nitrogens with one attached hydrogen (secondary N) is 1. The summed E-state index contributed by atoms with van der Waals surface area (Å²) in [5.41, 5.74) is 4.47. The molecule has 7 heteroatoms. The number of aryl methyl sites for hydroxylation is 2. The van der Waals surface area contributed by atoms with Crippen molar-refractivity contribution in [3.05, 3.63) is 87.2 Å². The van der Waals surface area contributed by atoms with Crippen LogP contribution in [-0.2, 0) is 6.42 Å². The standard InChI is InChI=1S/C23H20Cl2N4O/c1-14-13-18(23(30)26-12-11-16-7-9-17(24)10-8-16)21-15(2)28-29(22(21)27-14)20-6-4-3-5-19(20)25/h3-10,13H,11-12H2,1-2H3,(H,26,30). The summed E-state index contributed by atoms with van der Waals surface area (Å²) in [5.74, 6) is -0.152. The van der Waals surface area contributed by atoms with Crippen LogP contribution >= 0.6 is 23.2 Å². The molecule has 2 heterocycles. The smallest absolute Gasteiger partial charge is 0.252 e. The zero-order valence-corrected chi connectivity index (χ0v) is 18.1. The zero-order valence-electron chi connectivity index (χ0n) is 16.6. The number of halogens is 2. The van der Waals surface area contributed by atoms with E-state index in [1.54, 1.807) is 16.8 Å². The van der Waals surface area contributed by atoms with Gasteiger partial charge in [-0.15, -0.1) is 0 Å². The Balaban J connectivity index is 1.65. The molecule has 30 heavy (non-hydrogen) atoms. The number of aromatic nitrogens is 3. The maximum Gasteiger partial charge on any atom is 0.252 e. The lowest BCUT2D eigenvalue weighted by molar-refractivity contribution is 0.0955. The zero-order chi connectivity index (χ0) is 21.3. The van der Waals surface area contributed by atoms with E-state index in [2.05, 4.69) is 15.4 Å². The van der Waals surface area contributed by atoms with Crippen molar-refractivity contribution in [2.45, 2.75) is 20.3 Å². The van der Waals surface area contributed by atoms with Crippen molar-refractivity contribution in [2.75, 3.05) is 6.54 Å². The summed E-state index contributed by atoms with van der Waals surface area (Å²) in [6.07, 6.45) is 0.716. The lowest BCUT2D eigenvalue weighted by Gasteiger charge is -2.09. The molecule has 0 radical (unpaired) electrons. The lowest BCUT2D eigenvalue weighted by atomic mass is 10.1. The van der Waals surface area contributed by atoms with Crippen molar-refractivity contribution < 1.29 is 4.79 Å². The Morgan fingerprint density at radius 3 is 2.53 bits per heavy atom. The fraction of sp³-hybridized carbons (Fsp3) is 0.174. The highest BCUT2D eigenvalue weighted by Crippen LogP contribution is 2.27. The Hall–Kier alpha value is -2.89. The van der Waals surface area contributed by atoms with Gasteiger partial charge < -0.3 is 5.32 Å².